The first-order valence-electron chi connectivity index (χ1n) is 14.9. The summed E-state index contributed by atoms with van der Waals surface area (Å²) in [6, 6.07) is 3.79. The molecule has 3 rings (SSSR count). The molecule has 42 heavy (non-hydrogen) atoms. The Kier molecular flexibility index (Phi) is 15.1. The van der Waals surface area contributed by atoms with Gasteiger partial charge in [-0.15, -0.1) is 0 Å². The van der Waals surface area contributed by atoms with Crippen LogP contribution in [0.3, 0.4) is 0 Å². The summed E-state index contributed by atoms with van der Waals surface area (Å²) < 4.78 is 20.8. The Hall–Kier alpha value is -2.83. The van der Waals surface area contributed by atoms with Crippen LogP contribution in [0.1, 0.15) is 96.4 Å². The third kappa shape index (κ3) is 10.8. The highest BCUT2D eigenvalue weighted by molar-refractivity contribution is 5.71. The Labute approximate surface area is 266 Å². The summed E-state index contributed by atoms with van der Waals surface area (Å²) >= 11 is 0. The third-order valence-corrected chi connectivity index (χ3v) is 6.89. The van der Waals surface area contributed by atoms with Gasteiger partial charge in [-0.1, -0.05) is 32.6 Å². The molecule has 3 heterocycles. The average Bonchev–Trinajstić information content (AvgIpc) is 3.49. The van der Waals surface area contributed by atoms with Crippen molar-refractivity contribution < 1.29 is 57.1 Å². The molecule has 1 aliphatic rings. The molecule has 0 bridgehead atoms. The van der Waals surface area contributed by atoms with Crippen molar-refractivity contribution in [2.75, 3.05) is 0 Å². The van der Waals surface area contributed by atoms with Crippen LogP contribution in [0.5, 0.6) is 0 Å². The van der Waals surface area contributed by atoms with Gasteiger partial charge >= 0.3 is 18.2 Å². The predicted molar refractivity (Wildman–Crippen MR) is 155 cm³/mol. The SMILES string of the molecule is CCCCCCCC(=O)OC[n+]1cccc(-c2c(COC(=O)NC(C)C)c(COC(=O)NC(C)C)c3n2CCC3)c1.[I-]. The molecule has 234 valence electrons. The highest BCUT2D eigenvalue weighted by atomic mass is 127. The number of hydrogen-bond acceptors (Lipinski definition) is 6. The molecule has 2 amide bonds. The van der Waals surface area contributed by atoms with E-state index in [2.05, 4.69) is 22.1 Å². The van der Waals surface area contributed by atoms with E-state index in [0.29, 0.717) is 6.42 Å². The topological polar surface area (TPSA) is 112 Å². The molecule has 0 aliphatic carbocycles. The van der Waals surface area contributed by atoms with Gasteiger partial charge in [0.2, 0.25) is 0 Å². The number of esters is 1. The summed E-state index contributed by atoms with van der Waals surface area (Å²) in [5.74, 6) is -0.202. The number of ether oxygens (including phenoxy) is 3. The van der Waals surface area contributed by atoms with Crippen LogP contribution in [0.4, 0.5) is 9.59 Å². The summed E-state index contributed by atoms with van der Waals surface area (Å²) in [6.07, 6.45) is 10.4. The number of pyridine rings is 1. The van der Waals surface area contributed by atoms with Gasteiger partial charge in [0, 0.05) is 47.9 Å². The number of carbonyl (C=O) groups excluding carboxylic acids is 3. The van der Waals surface area contributed by atoms with Crippen molar-refractivity contribution in [2.45, 2.75) is 125 Å². The molecule has 11 heteroatoms. The van der Waals surface area contributed by atoms with Crippen molar-refractivity contribution >= 4 is 18.2 Å². The maximum atomic E-state index is 12.4. The lowest BCUT2D eigenvalue weighted by molar-refractivity contribution is -0.727. The number of fused-ring (bicyclic) bond motifs is 1. The van der Waals surface area contributed by atoms with Crippen LogP contribution in [0.15, 0.2) is 24.5 Å². The zero-order valence-corrected chi connectivity index (χ0v) is 27.8. The van der Waals surface area contributed by atoms with Crippen LogP contribution in [-0.2, 0) is 51.9 Å². The van der Waals surface area contributed by atoms with Gasteiger partial charge in [-0.05, 0) is 53.0 Å². The number of alkyl carbamates (subject to hydrolysis) is 2. The summed E-state index contributed by atoms with van der Waals surface area (Å²) in [7, 11) is 0. The van der Waals surface area contributed by atoms with E-state index in [-0.39, 0.29) is 62.0 Å². The fourth-order valence-corrected chi connectivity index (χ4v) is 5.04. The Morgan fingerprint density at radius 1 is 0.929 bits per heavy atom. The number of amides is 2. The van der Waals surface area contributed by atoms with Crippen LogP contribution >= 0.6 is 0 Å². The highest BCUT2D eigenvalue weighted by Gasteiger charge is 2.29. The zero-order chi connectivity index (χ0) is 29.8. The molecule has 0 aromatic carbocycles. The average molecular weight is 699 g/mol. The molecule has 0 unspecified atom stereocenters. The maximum Gasteiger partial charge on any atom is 0.407 e. The van der Waals surface area contributed by atoms with Crippen molar-refractivity contribution in [1.29, 1.82) is 0 Å². The van der Waals surface area contributed by atoms with E-state index in [9.17, 15) is 14.4 Å². The van der Waals surface area contributed by atoms with Gasteiger partial charge in [0.25, 0.3) is 6.73 Å². The van der Waals surface area contributed by atoms with E-state index in [1.807, 2.05) is 56.8 Å². The van der Waals surface area contributed by atoms with E-state index in [0.717, 1.165) is 66.7 Å². The largest absolute Gasteiger partial charge is 1.00 e. The number of hydrogen-bond donors (Lipinski definition) is 2. The van der Waals surface area contributed by atoms with Gasteiger partial charge in [0.05, 0.1) is 11.3 Å². The number of unbranched alkanes of at least 4 members (excludes halogenated alkanes) is 4. The zero-order valence-electron chi connectivity index (χ0n) is 25.7. The number of rotatable bonds is 15. The van der Waals surface area contributed by atoms with Crippen LogP contribution in [0.25, 0.3) is 11.3 Å². The van der Waals surface area contributed by atoms with Crippen molar-refractivity contribution in [3.63, 3.8) is 0 Å². The quantitative estimate of drug-likeness (QED) is 0.0974. The van der Waals surface area contributed by atoms with E-state index in [4.69, 9.17) is 14.2 Å². The molecule has 2 aromatic rings. The minimum Gasteiger partial charge on any atom is -1.00 e. The molecule has 0 saturated carbocycles. The number of nitrogens with zero attached hydrogens (tertiary/aromatic N) is 2. The Bertz CT molecular complexity index is 1180. The Morgan fingerprint density at radius 3 is 2.21 bits per heavy atom. The minimum absolute atomic E-state index is 0. The molecule has 2 aromatic heterocycles. The van der Waals surface area contributed by atoms with Crippen molar-refractivity contribution in [1.82, 2.24) is 15.2 Å². The minimum atomic E-state index is -0.508. The van der Waals surface area contributed by atoms with Crippen molar-refractivity contribution in [3.05, 3.63) is 41.3 Å². The van der Waals surface area contributed by atoms with Crippen molar-refractivity contribution in [2.24, 2.45) is 0 Å². The fraction of sp³-hybridized carbons (Fsp3) is 0.613. The summed E-state index contributed by atoms with van der Waals surface area (Å²) in [4.78, 5) is 37.0. The monoisotopic (exact) mass is 698 g/mol. The second-order valence-electron chi connectivity index (χ2n) is 11.2. The van der Waals surface area contributed by atoms with E-state index in [1.165, 1.54) is 12.8 Å². The number of nitrogens with one attached hydrogen (secondary N) is 2. The number of halogens is 1. The lowest BCUT2D eigenvalue weighted by atomic mass is 10.0. The summed E-state index contributed by atoms with van der Waals surface area (Å²) in [5, 5.41) is 5.51. The Morgan fingerprint density at radius 2 is 1.57 bits per heavy atom. The Balaban J connectivity index is 0.00000616. The van der Waals surface area contributed by atoms with Crippen LogP contribution in [0.2, 0.25) is 0 Å². The lowest BCUT2D eigenvalue weighted by Gasteiger charge is -2.14. The second kappa shape index (κ2) is 18.0. The first-order chi connectivity index (χ1) is 19.7. The van der Waals surface area contributed by atoms with Gasteiger partial charge in [-0.3, -0.25) is 4.79 Å². The first kappa shape index (κ1) is 35.4. The van der Waals surface area contributed by atoms with E-state index in [1.54, 1.807) is 0 Å². The standard InChI is InChI=1S/C31H46N4O6.HI/c1-6-7-8-9-10-15-28(36)41-21-34-16-11-13-24(18-34)29-26(20-40-31(38)33-23(4)5)25(27-14-12-17-35(27)29)19-39-30(37)32-22(2)3;/h11,13,16,18,22-23H,6-10,12,14-15,17,19-21H2,1-5H3,(H-,32,33,37,38);1H. The number of carbonyl (C=O) groups is 3. The normalized spacial score (nSPS) is 12.1. The van der Waals surface area contributed by atoms with Gasteiger partial charge < -0.3 is 53.4 Å². The molecule has 0 spiro atoms. The summed E-state index contributed by atoms with van der Waals surface area (Å²) in [6.45, 7) is 10.7. The smallest absolute Gasteiger partial charge is 0.407 e. The summed E-state index contributed by atoms with van der Waals surface area (Å²) in [5.41, 5.74) is 4.54. The lowest BCUT2D eigenvalue weighted by Crippen LogP contribution is -3.00. The molecule has 1 aliphatic heterocycles. The van der Waals surface area contributed by atoms with Crippen LogP contribution in [0, 0.1) is 0 Å². The maximum absolute atomic E-state index is 12.4. The van der Waals surface area contributed by atoms with E-state index < -0.39 is 12.2 Å². The molecule has 0 atom stereocenters. The number of aromatic nitrogens is 2. The van der Waals surface area contributed by atoms with Gasteiger partial charge in [-0.25, -0.2) is 9.59 Å². The van der Waals surface area contributed by atoms with Gasteiger partial charge in [-0.2, -0.15) is 4.57 Å². The molecule has 0 radical (unpaired) electrons. The van der Waals surface area contributed by atoms with Crippen molar-refractivity contribution in [3.8, 4) is 11.3 Å². The second-order valence-corrected chi connectivity index (χ2v) is 11.2. The molecular weight excluding hydrogens is 651 g/mol. The van der Waals surface area contributed by atoms with Crippen LogP contribution in [-0.4, -0.2) is 34.8 Å². The molecule has 0 saturated heterocycles. The van der Waals surface area contributed by atoms with Gasteiger partial charge in [0.1, 0.15) is 13.2 Å². The van der Waals surface area contributed by atoms with Gasteiger partial charge in [0.15, 0.2) is 12.4 Å². The van der Waals surface area contributed by atoms with E-state index >= 15 is 0 Å². The molecule has 10 nitrogen and oxygen atoms in total. The highest BCUT2D eigenvalue weighted by Crippen LogP contribution is 2.36. The molecular formula is C31H47IN4O6. The fourth-order valence-electron chi connectivity index (χ4n) is 5.04. The third-order valence-electron chi connectivity index (χ3n) is 6.89. The molecule has 0 fully saturated rings. The van der Waals surface area contributed by atoms with Crippen LogP contribution < -0.4 is 39.2 Å². The first-order valence-corrected chi connectivity index (χ1v) is 14.9. The predicted octanol–water partition coefficient (Wildman–Crippen LogP) is 2.52. The molecule has 2 N–H and O–H groups in total.